The average Bonchev–Trinajstić information content (AvgIpc) is 2.81. The number of nitrogens with two attached hydrogens (primary N) is 1. The van der Waals surface area contributed by atoms with Crippen LogP contribution in [0.2, 0.25) is 0 Å². The van der Waals surface area contributed by atoms with Gasteiger partial charge in [-0.1, -0.05) is 32.0 Å². The number of nitrogens with zero attached hydrogens (tertiary/aromatic N) is 2. The van der Waals surface area contributed by atoms with E-state index in [9.17, 15) is 20.2 Å². The fraction of sp³-hybridized carbons (Fsp3) is 0.308. The van der Waals surface area contributed by atoms with Crippen molar-refractivity contribution in [2.24, 2.45) is 11.1 Å². The molecular formula is C26H25N3O6. The maximum absolute atomic E-state index is 13.2. The Morgan fingerprint density at radius 3 is 2.66 bits per heavy atom. The van der Waals surface area contributed by atoms with Crippen molar-refractivity contribution in [1.82, 2.24) is 0 Å². The van der Waals surface area contributed by atoms with Gasteiger partial charge in [-0.2, -0.15) is 5.26 Å². The summed E-state index contributed by atoms with van der Waals surface area (Å²) in [5.74, 6) is 0.308. The minimum absolute atomic E-state index is 0.0183. The molecule has 1 aliphatic heterocycles. The number of carbonyl (C=O) groups excluding carboxylic acids is 1. The van der Waals surface area contributed by atoms with E-state index in [1.165, 1.54) is 19.2 Å². The Hall–Kier alpha value is -4.32. The maximum Gasteiger partial charge on any atom is 0.310 e. The molecule has 2 aliphatic rings. The highest BCUT2D eigenvalue weighted by molar-refractivity contribution is 6.00. The van der Waals surface area contributed by atoms with Gasteiger partial charge in [0.25, 0.3) is 0 Å². The largest absolute Gasteiger partial charge is 0.496 e. The van der Waals surface area contributed by atoms with Crippen molar-refractivity contribution in [2.45, 2.75) is 39.2 Å². The third kappa shape index (κ3) is 4.55. The summed E-state index contributed by atoms with van der Waals surface area (Å²) in [5, 5.41) is 21.2. The number of ether oxygens (including phenoxy) is 3. The molecule has 0 radical (unpaired) electrons. The van der Waals surface area contributed by atoms with Crippen LogP contribution in [0.5, 0.6) is 11.5 Å². The molecule has 0 amide bonds. The number of nitro groups is 1. The van der Waals surface area contributed by atoms with Crippen LogP contribution in [0, 0.1) is 26.9 Å². The summed E-state index contributed by atoms with van der Waals surface area (Å²) in [6.45, 7) is 3.94. The molecule has 2 aromatic carbocycles. The number of nitro benzene ring substituents is 1. The van der Waals surface area contributed by atoms with Crippen molar-refractivity contribution < 1.29 is 23.9 Å². The first kappa shape index (κ1) is 23.8. The molecule has 2 aromatic rings. The van der Waals surface area contributed by atoms with E-state index in [4.69, 9.17) is 19.9 Å². The number of nitriles is 1. The quantitative estimate of drug-likeness (QED) is 0.471. The van der Waals surface area contributed by atoms with Crippen LogP contribution >= 0.6 is 0 Å². The molecule has 2 N–H and O–H groups in total. The molecule has 9 nitrogen and oxygen atoms in total. The Balaban J connectivity index is 1.75. The van der Waals surface area contributed by atoms with Crippen LogP contribution in [0.1, 0.15) is 43.7 Å². The lowest BCUT2D eigenvalue weighted by molar-refractivity contribution is -0.385. The second-order valence-electron chi connectivity index (χ2n) is 9.29. The minimum Gasteiger partial charge on any atom is -0.496 e. The van der Waals surface area contributed by atoms with Crippen LogP contribution in [0.15, 0.2) is 65.3 Å². The second-order valence-corrected chi connectivity index (χ2v) is 9.29. The normalized spacial score (nSPS) is 18.9. The molecule has 1 atom stereocenters. The Morgan fingerprint density at radius 2 is 1.97 bits per heavy atom. The van der Waals surface area contributed by atoms with Gasteiger partial charge < -0.3 is 19.9 Å². The van der Waals surface area contributed by atoms with E-state index in [1.54, 1.807) is 30.3 Å². The molecule has 0 saturated heterocycles. The predicted molar refractivity (Wildman–Crippen MR) is 126 cm³/mol. The van der Waals surface area contributed by atoms with Gasteiger partial charge in [-0.25, -0.2) is 0 Å². The molecule has 0 spiro atoms. The number of ketones is 1. The van der Waals surface area contributed by atoms with Gasteiger partial charge in [0.1, 0.15) is 29.8 Å². The third-order valence-corrected chi connectivity index (χ3v) is 6.16. The van der Waals surface area contributed by atoms with Gasteiger partial charge in [0.15, 0.2) is 11.5 Å². The molecule has 4 rings (SSSR count). The van der Waals surface area contributed by atoms with Crippen molar-refractivity contribution in [3.8, 4) is 17.6 Å². The molecule has 1 heterocycles. The fourth-order valence-corrected chi connectivity index (χ4v) is 4.59. The molecule has 0 saturated carbocycles. The first-order valence-corrected chi connectivity index (χ1v) is 11.0. The lowest BCUT2D eigenvalue weighted by Crippen LogP contribution is -2.33. The number of rotatable bonds is 6. The summed E-state index contributed by atoms with van der Waals surface area (Å²) in [5.41, 5.74) is 7.51. The Kier molecular flexibility index (Phi) is 6.22. The van der Waals surface area contributed by atoms with E-state index in [-0.39, 0.29) is 40.7 Å². The molecule has 180 valence electrons. The van der Waals surface area contributed by atoms with Crippen molar-refractivity contribution >= 4 is 11.5 Å². The van der Waals surface area contributed by atoms with Crippen LogP contribution in [0.4, 0.5) is 5.69 Å². The van der Waals surface area contributed by atoms with Crippen LogP contribution in [-0.2, 0) is 16.1 Å². The van der Waals surface area contributed by atoms with E-state index in [1.807, 2.05) is 13.8 Å². The Bertz CT molecular complexity index is 1320. The molecule has 35 heavy (non-hydrogen) atoms. The van der Waals surface area contributed by atoms with Crippen molar-refractivity contribution in [3.63, 3.8) is 0 Å². The molecule has 0 bridgehead atoms. The molecule has 1 unspecified atom stereocenters. The molecule has 9 heteroatoms. The molecular weight excluding hydrogens is 450 g/mol. The highest BCUT2D eigenvalue weighted by atomic mass is 16.6. The van der Waals surface area contributed by atoms with Crippen LogP contribution in [-0.4, -0.2) is 17.8 Å². The fourth-order valence-electron chi connectivity index (χ4n) is 4.59. The molecule has 0 aromatic heterocycles. The van der Waals surface area contributed by atoms with Gasteiger partial charge in [0.05, 0.1) is 18.0 Å². The van der Waals surface area contributed by atoms with Gasteiger partial charge in [0.2, 0.25) is 5.88 Å². The summed E-state index contributed by atoms with van der Waals surface area (Å²) >= 11 is 0. The Morgan fingerprint density at radius 1 is 1.23 bits per heavy atom. The van der Waals surface area contributed by atoms with E-state index in [2.05, 4.69) is 6.07 Å². The number of Topliss-reactive ketones (excluding diaryl/α,β-unsaturated/α-hetero) is 1. The number of para-hydroxylation sites is 2. The number of hydrogen-bond donors (Lipinski definition) is 1. The van der Waals surface area contributed by atoms with E-state index >= 15 is 0 Å². The topological polar surface area (TPSA) is 138 Å². The summed E-state index contributed by atoms with van der Waals surface area (Å²) in [6.07, 6.45) is 0.849. The predicted octanol–water partition coefficient (Wildman–Crippen LogP) is 4.63. The van der Waals surface area contributed by atoms with Gasteiger partial charge >= 0.3 is 5.69 Å². The zero-order chi connectivity index (χ0) is 25.3. The first-order chi connectivity index (χ1) is 16.6. The van der Waals surface area contributed by atoms with Gasteiger partial charge in [-0.05, 0) is 29.2 Å². The number of carbonyl (C=O) groups is 1. The number of benzene rings is 2. The zero-order valence-electron chi connectivity index (χ0n) is 19.7. The van der Waals surface area contributed by atoms with E-state index in [0.717, 1.165) is 0 Å². The van der Waals surface area contributed by atoms with Crippen LogP contribution in [0.3, 0.4) is 0 Å². The monoisotopic (exact) mass is 475 g/mol. The standard InChI is InChI=1S/C26H25N3O6/c1-26(2)11-19(30)24-22(12-26)35-25(28)17(13-27)23(24)15-8-9-20(33-3)16(10-15)14-34-21-7-5-4-6-18(21)29(31)32/h4-10,23H,11-12,14,28H2,1-3H3. The van der Waals surface area contributed by atoms with Gasteiger partial charge in [0, 0.05) is 30.0 Å². The van der Waals surface area contributed by atoms with E-state index < -0.39 is 10.8 Å². The van der Waals surface area contributed by atoms with Crippen molar-refractivity contribution in [2.75, 3.05) is 7.11 Å². The summed E-state index contributed by atoms with van der Waals surface area (Å²) in [4.78, 5) is 24.0. The lowest BCUT2D eigenvalue weighted by atomic mass is 9.70. The third-order valence-electron chi connectivity index (χ3n) is 6.16. The van der Waals surface area contributed by atoms with E-state index in [0.29, 0.717) is 41.1 Å². The maximum atomic E-state index is 13.2. The summed E-state index contributed by atoms with van der Waals surface area (Å²) < 4.78 is 17.0. The average molecular weight is 476 g/mol. The lowest BCUT2D eigenvalue weighted by Gasteiger charge is -2.37. The first-order valence-electron chi connectivity index (χ1n) is 11.0. The highest BCUT2D eigenvalue weighted by Crippen LogP contribution is 2.48. The van der Waals surface area contributed by atoms with Crippen molar-refractivity contribution in [3.05, 3.63) is 86.5 Å². The SMILES string of the molecule is COc1ccc(C2C(C#N)=C(N)OC3=C2C(=O)CC(C)(C)C3)cc1COc1ccccc1[N+](=O)[O-]. The number of methoxy groups -OCH3 is 1. The zero-order valence-corrected chi connectivity index (χ0v) is 19.7. The Labute approximate surface area is 202 Å². The van der Waals surface area contributed by atoms with Crippen molar-refractivity contribution in [1.29, 1.82) is 5.26 Å². The number of hydrogen-bond acceptors (Lipinski definition) is 8. The van der Waals surface area contributed by atoms with Gasteiger partial charge in [-0.3, -0.25) is 14.9 Å². The molecule has 0 fully saturated rings. The summed E-state index contributed by atoms with van der Waals surface area (Å²) in [6, 6.07) is 13.5. The minimum atomic E-state index is -0.692. The smallest absolute Gasteiger partial charge is 0.310 e. The number of allylic oxidation sites excluding steroid dienone is 3. The van der Waals surface area contributed by atoms with Crippen LogP contribution < -0.4 is 15.2 Å². The highest BCUT2D eigenvalue weighted by Gasteiger charge is 2.43. The second kappa shape index (κ2) is 9.14. The van der Waals surface area contributed by atoms with Gasteiger partial charge in [-0.15, -0.1) is 0 Å². The summed E-state index contributed by atoms with van der Waals surface area (Å²) in [7, 11) is 1.50. The van der Waals surface area contributed by atoms with Crippen LogP contribution in [0.25, 0.3) is 0 Å². The molecule has 1 aliphatic carbocycles.